The monoisotopic (exact) mass is 264 g/mol. The zero-order valence-corrected chi connectivity index (χ0v) is 11.7. The van der Waals surface area contributed by atoms with E-state index in [-0.39, 0.29) is 12.1 Å². The van der Waals surface area contributed by atoms with Crippen molar-refractivity contribution in [1.82, 2.24) is 4.90 Å². The van der Waals surface area contributed by atoms with Crippen LogP contribution in [0.2, 0.25) is 0 Å². The number of rotatable bonds is 4. The number of phenols is 1. The first-order chi connectivity index (χ1) is 9.06. The van der Waals surface area contributed by atoms with Gasteiger partial charge in [-0.25, -0.2) is 0 Å². The third kappa shape index (κ3) is 3.93. The van der Waals surface area contributed by atoms with Gasteiger partial charge >= 0.3 is 0 Å². The van der Waals surface area contributed by atoms with E-state index in [2.05, 4.69) is 11.8 Å². The van der Waals surface area contributed by atoms with Crippen molar-refractivity contribution in [3.8, 4) is 5.75 Å². The Morgan fingerprint density at radius 2 is 2.05 bits per heavy atom. The predicted molar refractivity (Wildman–Crippen MR) is 76.2 cm³/mol. The lowest BCUT2D eigenvalue weighted by molar-refractivity contribution is -0.0492. The highest BCUT2D eigenvalue weighted by atomic mass is 16.5. The summed E-state index contributed by atoms with van der Waals surface area (Å²) in [6.45, 7) is 6.85. The summed E-state index contributed by atoms with van der Waals surface area (Å²) in [6.07, 6.45) is 1.11. The van der Waals surface area contributed by atoms with Crippen molar-refractivity contribution in [2.45, 2.75) is 38.5 Å². The summed E-state index contributed by atoms with van der Waals surface area (Å²) in [5, 5.41) is 9.29. The van der Waals surface area contributed by atoms with Gasteiger partial charge in [-0.15, -0.1) is 0 Å². The summed E-state index contributed by atoms with van der Waals surface area (Å²) in [5.41, 5.74) is 7.16. The van der Waals surface area contributed by atoms with Crippen LogP contribution in [0.1, 0.15) is 19.4 Å². The topological polar surface area (TPSA) is 58.7 Å². The minimum atomic E-state index is 0.0728. The molecule has 0 aliphatic carbocycles. The summed E-state index contributed by atoms with van der Waals surface area (Å²) in [6, 6.07) is 7.97. The van der Waals surface area contributed by atoms with Crippen LogP contribution in [-0.2, 0) is 11.2 Å². The number of aromatic hydroxyl groups is 1. The van der Waals surface area contributed by atoms with E-state index in [1.165, 1.54) is 5.56 Å². The molecule has 4 nitrogen and oxygen atoms in total. The lowest BCUT2D eigenvalue weighted by atomic mass is 10.0. The SMILES string of the molecule is CC(N)C1CN(C(C)Cc2ccc(O)cc2)CCO1. The van der Waals surface area contributed by atoms with Crippen LogP contribution >= 0.6 is 0 Å². The molecule has 3 N–H and O–H groups in total. The highest BCUT2D eigenvalue weighted by molar-refractivity contribution is 5.26. The van der Waals surface area contributed by atoms with E-state index < -0.39 is 0 Å². The molecule has 0 saturated carbocycles. The molecule has 0 aromatic heterocycles. The van der Waals surface area contributed by atoms with Gasteiger partial charge in [0.2, 0.25) is 0 Å². The van der Waals surface area contributed by atoms with Crippen molar-refractivity contribution >= 4 is 0 Å². The maximum atomic E-state index is 9.29. The molecular formula is C15H24N2O2. The van der Waals surface area contributed by atoms with Gasteiger partial charge in [-0.05, 0) is 38.0 Å². The van der Waals surface area contributed by atoms with E-state index in [1.54, 1.807) is 12.1 Å². The molecule has 0 radical (unpaired) electrons. The Balaban J connectivity index is 1.92. The van der Waals surface area contributed by atoms with Crippen LogP contribution in [0, 0.1) is 0 Å². The third-order valence-electron chi connectivity index (χ3n) is 3.80. The van der Waals surface area contributed by atoms with Crippen LogP contribution < -0.4 is 5.73 Å². The molecule has 1 aliphatic rings. The average molecular weight is 264 g/mol. The lowest BCUT2D eigenvalue weighted by Gasteiger charge is -2.38. The summed E-state index contributed by atoms with van der Waals surface area (Å²) in [5.74, 6) is 0.319. The van der Waals surface area contributed by atoms with E-state index in [0.29, 0.717) is 11.8 Å². The quantitative estimate of drug-likeness (QED) is 0.862. The number of morpholine rings is 1. The molecule has 0 amide bonds. The normalized spacial score (nSPS) is 24.1. The highest BCUT2D eigenvalue weighted by Gasteiger charge is 2.26. The molecule has 3 unspecified atom stereocenters. The Kier molecular flexibility index (Phi) is 4.80. The van der Waals surface area contributed by atoms with Gasteiger partial charge in [-0.2, -0.15) is 0 Å². The van der Waals surface area contributed by atoms with Crippen molar-refractivity contribution in [1.29, 1.82) is 0 Å². The molecule has 4 heteroatoms. The molecule has 1 heterocycles. The van der Waals surface area contributed by atoms with Gasteiger partial charge in [0, 0.05) is 25.2 Å². The van der Waals surface area contributed by atoms with Crippen LogP contribution in [0.15, 0.2) is 24.3 Å². The van der Waals surface area contributed by atoms with Crippen LogP contribution in [0.3, 0.4) is 0 Å². The molecule has 2 rings (SSSR count). The van der Waals surface area contributed by atoms with Crippen molar-refractivity contribution in [3.05, 3.63) is 29.8 Å². The molecule has 1 aromatic rings. The van der Waals surface area contributed by atoms with Crippen molar-refractivity contribution in [3.63, 3.8) is 0 Å². The minimum Gasteiger partial charge on any atom is -0.508 e. The molecule has 0 bridgehead atoms. The van der Waals surface area contributed by atoms with Gasteiger partial charge in [0.25, 0.3) is 0 Å². The molecule has 1 aromatic carbocycles. The molecule has 106 valence electrons. The van der Waals surface area contributed by atoms with E-state index in [9.17, 15) is 5.11 Å². The van der Waals surface area contributed by atoms with Crippen molar-refractivity contribution in [2.75, 3.05) is 19.7 Å². The smallest absolute Gasteiger partial charge is 0.115 e. The van der Waals surface area contributed by atoms with Gasteiger partial charge in [-0.3, -0.25) is 4.90 Å². The second kappa shape index (κ2) is 6.37. The summed E-state index contributed by atoms with van der Waals surface area (Å²) < 4.78 is 5.69. The number of nitrogens with two attached hydrogens (primary N) is 1. The molecule has 3 atom stereocenters. The minimum absolute atomic E-state index is 0.0728. The molecular weight excluding hydrogens is 240 g/mol. The maximum absolute atomic E-state index is 9.29. The summed E-state index contributed by atoms with van der Waals surface area (Å²) in [7, 11) is 0. The van der Waals surface area contributed by atoms with Crippen molar-refractivity contribution in [2.24, 2.45) is 5.73 Å². The van der Waals surface area contributed by atoms with Crippen LogP contribution in [-0.4, -0.2) is 47.9 Å². The van der Waals surface area contributed by atoms with Crippen LogP contribution in [0.4, 0.5) is 0 Å². The second-order valence-corrected chi connectivity index (χ2v) is 5.48. The molecule has 1 fully saturated rings. The summed E-state index contributed by atoms with van der Waals surface area (Å²) >= 11 is 0. The standard InChI is InChI=1S/C15H24N2O2/c1-11(9-13-3-5-14(18)6-4-13)17-7-8-19-15(10-17)12(2)16/h3-6,11-12,15,18H,7-10,16H2,1-2H3. The fourth-order valence-corrected chi connectivity index (χ4v) is 2.52. The highest BCUT2D eigenvalue weighted by Crippen LogP contribution is 2.16. The second-order valence-electron chi connectivity index (χ2n) is 5.48. The Bertz CT molecular complexity index is 392. The van der Waals surface area contributed by atoms with E-state index in [4.69, 9.17) is 10.5 Å². The Morgan fingerprint density at radius 3 is 2.68 bits per heavy atom. The summed E-state index contributed by atoms with van der Waals surface area (Å²) in [4.78, 5) is 2.43. The molecule has 19 heavy (non-hydrogen) atoms. The number of ether oxygens (including phenoxy) is 1. The zero-order chi connectivity index (χ0) is 13.8. The van der Waals surface area contributed by atoms with E-state index in [1.807, 2.05) is 19.1 Å². The lowest BCUT2D eigenvalue weighted by Crippen LogP contribution is -2.52. The zero-order valence-electron chi connectivity index (χ0n) is 11.7. The number of hydrogen-bond donors (Lipinski definition) is 2. The number of benzene rings is 1. The third-order valence-corrected chi connectivity index (χ3v) is 3.80. The maximum Gasteiger partial charge on any atom is 0.115 e. The molecule has 0 spiro atoms. The number of nitrogens with zero attached hydrogens (tertiary/aromatic N) is 1. The van der Waals surface area contributed by atoms with Gasteiger partial charge in [0.05, 0.1) is 12.7 Å². The van der Waals surface area contributed by atoms with E-state index >= 15 is 0 Å². The van der Waals surface area contributed by atoms with E-state index in [0.717, 1.165) is 26.1 Å². The Morgan fingerprint density at radius 1 is 1.37 bits per heavy atom. The molecule has 1 saturated heterocycles. The van der Waals surface area contributed by atoms with Crippen LogP contribution in [0.5, 0.6) is 5.75 Å². The first-order valence-electron chi connectivity index (χ1n) is 6.95. The Hall–Kier alpha value is -1.10. The number of hydrogen-bond acceptors (Lipinski definition) is 4. The first kappa shape index (κ1) is 14.3. The van der Waals surface area contributed by atoms with Crippen LogP contribution in [0.25, 0.3) is 0 Å². The molecule has 1 aliphatic heterocycles. The van der Waals surface area contributed by atoms with Gasteiger partial charge in [0.1, 0.15) is 5.75 Å². The average Bonchev–Trinajstić information content (AvgIpc) is 2.41. The van der Waals surface area contributed by atoms with Crippen molar-refractivity contribution < 1.29 is 9.84 Å². The number of phenolic OH excluding ortho intramolecular Hbond substituents is 1. The largest absolute Gasteiger partial charge is 0.508 e. The van der Waals surface area contributed by atoms with Gasteiger partial charge < -0.3 is 15.6 Å². The Labute approximate surface area is 115 Å². The van der Waals surface area contributed by atoms with Gasteiger partial charge in [-0.1, -0.05) is 12.1 Å². The predicted octanol–water partition coefficient (Wildman–Crippen LogP) is 1.37. The van der Waals surface area contributed by atoms with Gasteiger partial charge in [0.15, 0.2) is 0 Å². The fourth-order valence-electron chi connectivity index (χ4n) is 2.52. The first-order valence-corrected chi connectivity index (χ1v) is 6.95. The fraction of sp³-hybridized carbons (Fsp3) is 0.600.